The fourth-order valence-electron chi connectivity index (χ4n) is 2.52. The molecule has 0 radical (unpaired) electrons. The maximum atomic E-state index is 12.5. The summed E-state index contributed by atoms with van der Waals surface area (Å²) in [5, 5.41) is -0.401. The molecule has 0 bridgehead atoms. The van der Waals surface area contributed by atoms with Gasteiger partial charge in [-0.15, -0.1) is 0 Å². The third kappa shape index (κ3) is 2.78. The van der Waals surface area contributed by atoms with Crippen molar-refractivity contribution in [3.8, 4) is 0 Å². The Morgan fingerprint density at radius 1 is 0.923 bits per heavy atom. The van der Waals surface area contributed by atoms with Crippen molar-refractivity contribution in [2.75, 3.05) is 0 Å². The molecule has 26 heavy (non-hydrogen) atoms. The predicted octanol–water partition coefficient (Wildman–Crippen LogP) is 2.24. The van der Waals surface area contributed by atoms with Crippen LogP contribution in [0.5, 0.6) is 0 Å². The molecule has 7 nitrogen and oxygen atoms in total. The summed E-state index contributed by atoms with van der Waals surface area (Å²) in [7, 11) is -3.76. The summed E-state index contributed by atoms with van der Waals surface area (Å²) in [6, 6.07) is 11.6. The molecule has 0 unspecified atom stereocenters. The smallest absolute Gasteiger partial charge is 0.324 e. The van der Waals surface area contributed by atoms with Crippen LogP contribution in [0.1, 0.15) is 44.9 Å². The molecule has 2 aromatic carbocycles. The highest BCUT2D eigenvalue weighted by Gasteiger charge is 2.39. The van der Waals surface area contributed by atoms with E-state index in [9.17, 15) is 22.8 Å². The Labute approximate surface area is 150 Å². The van der Waals surface area contributed by atoms with Gasteiger partial charge in [-0.1, -0.05) is 29.3 Å². The molecule has 0 atom stereocenters. The zero-order chi connectivity index (χ0) is 19.1. The number of carbonyl (C=O) groups excluding carboxylic acids is 3. The minimum Gasteiger partial charge on any atom is -0.324 e. The van der Waals surface area contributed by atoms with Crippen molar-refractivity contribution < 1.29 is 27.6 Å². The molecule has 1 aliphatic heterocycles. The number of hydroxylamine groups is 2. The summed E-state index contributed by atoms with van der Waals surface area (Å²) < 4.78 is 24.9. The largest absolute Gasteiger partial charge is 0.365 e. The predicted molar refractivity (Wildman–Crippen MR) is 91.1 cm³/mol. The summed E-state index contributed by atoms with van der Waals surface area (Å²) in [5.74, 6) is -2.65. The second-order valence-electron chi connectivity index (χ2n) is 5.92. The van der Waals surface area contributed by atoms with Crippen LogP contribution >= 0.6 is 0 Å². The lowest BCUT2D eigenvalue weighted by atomic mass is 10.1. The Kier molecular flexibility index (Phi) is 4.37. The van der Waals surface area contributed by atoms with E-state index in [1.165, 1.54) is 50.2 Å². The van der Waals surface area contributed by atoms with Crippen LogP contribution < -0.4 is 0 Å². The highest BCUT2D eigenvalue weighted by molar-refractivity contribution is 7.92. The lowest BCUT2D eigenvalue weighted by molar-refractivity contribution is -0.0587. The second kappa shape index (κ2) is 6.38. The van der Waals surface area contributed by atoms with Gasteiger partial charge in [0.2, 0.25) is 0 Å². The molecule has 0 aliphatic carbocycles. The van der Waals surface area contributed by atoms with E-state index in [1.807, 2.05) is 0 Å². The fourth-order valence-corrected chi connectivity index (χ4v) is 3.75. The zero-order valence-corrected chi connectivity index (χ0v) is 14.8. The lowest BCUT2D eigenvalue weighted by Crippen LogP contribution is -2.33. The standard InChI is InChI=1S/C18H15NO6S/c1-11(2)26(23,24)15-10-6-5-9-14(15)18(22)25-19-16(20)12-7-3-4-8-13(12)17(19)21/h3-11H,1-2H3. The minimum absolute atomic E-state index is 0.119. The van der Waals surface area contributed by atoms with Gasteiger partial charge in [-0.2, -0.15) is 0 Å². The zero-order valence-electron chi connectivity index (χ0n) is 14.0. The summed E-state index contributed by atoms with van der Waals surface area (Å²) in [6.07, 6.45) is 0. The molecule has 2 amide bonds. The number of carbonyl (C=O) groups is 3. The number of benzene rings is 2. The Morgan fingerprint density at radius 2 is 1.42 bits per heavy atom. The van der Waals surface area contributed by atoms with Gasteiger partial charge in [-0.05, 0) is 38.1 Å². The lowest BCUT2D eigenvalue weighted by Gasteiger charge is -2.15. The number of fused-ring (bicyclic) bond motifs is 1. The first-order valence-electron chi connectivity index (χ1n) is 7.78. The number of sulfone groups is 1. The van der Waals surface area contributed by atoms with Crippen molar-refractivity contribution in [3.63, 3.8) is 0 Å². The number of rotatable bonds is 4. The highest BCUT2D eigenvalue weighted by Crippen LogP contribution is 2.25. The van der Waals surface area contributed by atoms with E-state index in [-0.39, 0.29) is 21.6 Å². The molecule has 1 aliphatic rings. The minimum atomic E-state index is -3.76. The number of nitrogens with zero attached hydrogens (tertiary/aromatic N) is 1. The van der Waals surface area contributed by atoms with E-state index in [1.54, 1.807) is 12.1 Å². The molecule has 8 heteroatoms. The molecule has 0 N–H and O–H groups in total. The summed E-state index contributed by atoms with van der Waals surface area (Å²) in [6.45, 7) is 2.98. The van der Waals surface area contributed by atoms with Gasteiger partial charge >= 0.3 is 5.97 Å². The number of imide groups is 1. The molecular formula is C18H15NO6S. The van der Waals surface area contributed by atoms with Gasteiger partial charge in [0, 0.05) is 0 Å². The van der Waals surface area contributed by atoms with Crippen LogP contribution in [0.3, 0.4) is 0 Å². The van der Waals surface area contributed by atoms with Gasteiger partial charge in [0.25, 0.3) is 11.8 Å². The third-order valence-corrected chi connectivity index (χ3v) is 6.18. The van der Waals surface area contributed by atoms with Crippen LogP contribution in [-0.4, -0.2) is 36.5 Å². The van der Waals surface area contributed by atoms with Gasteiger partial charge in [-0.25, -0.2) is 13.2 Å². The fraction of sp³-hybridized carbons (Fsp3) is 0.167. The van der Waals surface area contributed by atoms with Gasteiger partial charge in [-0.3, -0.25) is 9.59 Å². The molecule has 0 saturated heterocycles. The van der Waals surface area contributed by atoms with Crippen LogP contribution in [0, 0.1) is 0 Å². The Hall–Kier alpha value is -3.00. The van der Waals surface area contributed by atoms with Gasteiger partial charge in [0.05, 0.1) is 26.8 Å². The quantitative estimate of drug-likeness (QED) is 0.763. The molecule has 3 rings (SSSR count). The Bertz CT molecular complexity index is 990. The second-order valence-corrected chi connectivity index (χ2v) is 8.39. The van der Waals surface area contributed by atoms with Crippen LogP contribution in [0.25, 0.3) is 0 Å². The SMILES string of the molecule is CC(C)S(=O)(=O)c1ccccc1C(=O)ON1C(=O)c2ccccc2C1=O. The maximum absolute atomic E-state index is 12.5. The van der Waals surface area contributed by atoms with E-state index >= 15 is 0 Å². The average Bonchev–Trinajstić information content (AvgIpc) is 2.87. The molecule has 0 saturated carbocycles. The van der Waals surface area contributed by atoms with Crippen molar-refractivity contribution in [3.05, 3.63) is 65.2 Å². The van der Waals surface area contributed by atoms with E-state index in [2.05, 4.69) is 0 Å². The molecule has 0 aromatic heterocycles. The van der Waals surface area contributed by atoms with E-state index < -0.39 is 32.9 Å². The first-order chi connectivity index (χ1) is 12.2. The highest BCUT2D eigenvalue weighted by atomic mass is 32.2. The molecule has 2 aromatic rings. The van der Waals surface area contributed by atoms with Gasteiger partial charge in [0.1, 0.15) is 0 Å². The molecular weight excluding hydrogens is 358 g/mol. The number of amides is 2. The van der Waals surface area contributed by atoms with Gasteiger partial charge < -0.3 is 4.84 Å². The first kappa shape index (κ1) is 17.8. The maximum Gasteiger partial charge on any atom is 0.365 e. The third-order valence-electron chi connectivity index (χ3n) is 3.97. The van der Waals surface area contributed by atoms with Crippen molar-refractivity contribution in [2.45, 2.75) is 24.0 Å². The molecule has 0 fully saturated rings. The van der Waals surface area contributed by atoms with E-state index in [0.29, 0.717) is 5.06 Å². The number of hydrogen-bond donors (Lipinski definition) is 0. The summed E-state index contributed by atoms with van der Waals surface area (Å²) in [5.41, 5.74) is -0.000435. The first-order valence-corrected chi connectivity index (χ1v) is 9.33. The Morgan fingerprint density at radius 3 is 1.96 bits per heavy atom. The van der Waals surface area contributed by atoms with Crippen molar-refractivity contribution in [1.82, 2.24) is 5.06 Å². The van der Waals surface area contributed by atoms with E-state index in [4.69, 9.17) is 4.84 Å². The molecule has 0 spiro atoms. The van der Waals surface area contributed by atoms with E-state index in [0.717, 1.165) is 0 Å². The topological polar surface area (TPSA) is 97.8 Å². The van der Waals surface area contributed by atoms with Gasteiger partial charge in [0.15, 0.2) is 9.84 Å². The van der Waals surface area contributed by atoms with Crippen LogP contribution in [0.2, 0.25) is 0 Å². The summed E-state index contributed by atoms with van der Waals surface area (Å²) in [4.78, 5) is 41.8. The average molecular weight is 373 g/mol. The van der Waals surface area contributed by atoms with Crippen LogP contribution in [-0.2, 0) is 14.7 Å². The molecule has 1 heterocycles. The molecule has 134 valence electrons. The van der Waals surface area contributed by atoms with Crippen molar-refractivity contribution in [1.29, 1.82) is 0 Å². The Balaban J connectivity index is 1.94. The van der Waals surface area contributed by atoms with Crippen molar-refractivity contribution in [2.24, 2.45) is 0 Å². The van der Waals surface area contributed by atoms with Crippen molar-refractivity contribution >= 4 is 27.6 Å². The van der Waals surface area contributed by atoms with Crippen LogP contribution in [0.15, 0.2) is 53.4 Å². The summed E-state index contributed by atoms with van der Waals surface area (Å²) >= 11 is 0. The monoisotopic (exact) mass is 373 g/mol. The normalized spacial score (nSPS) is 13.9. The number of hydrogen-bond acceptors (Lipinski definition) is 6. The van der Waals surface area contributed by atoms with Crippen LogP contribution in [0.4, 0.5) is 0 Å².